The van der Waals surface area contributed by atoms with E-state index in [0.717, 1.165) is 5.69 Å². The predicted molar refractivity (Wildman–Crippen MR) is 121 cm³/mol. The van der Waals surface area contributed by atoms with Crippen LogP contribution in [0.3, 0.4) is 0 Å². The first kappa shape index (κ1) is 21.7. The molecular formula is C20H21ClN6O2S. The monoisotopic (exact) mass is 444 g/mol. The first-order chi connectivity index (χ1) is 14.5. The van der Waals surface area contributed by atoms with Gasteiger partial charge in [0.2, 0.25) is 17.8 Å². The number of nitrogens with one attached hydrogen (secondary N) is 2. The van der Waals surface area contributed by atoms with E-state index in [-0.39, 0.29) is 11.9 Å². The number of para-hydroxylation sites is 1. The number of thioether (sulfide) groups is 1. The molecule has 0 aliphatic carbocycles. The van der Waals surface area contributed by atoms with Gasteiger partial charge in [-0.05, 0) is 30.3 Å². The maximum Gasteiger partial charge on any atom is 0.232 e. The largest absolute Gasteiger partial charge is 0.495 e. The minimum absolute atomic E-state index is 0.135. The Morgan fingerprint density at radius 2 is 1.97 bits per heavy atom. The summed E-state index contributed by atoms with van der Waals surface area (Å²) in [6.07, 6.45) is 0.315. The molecule has 4 N–H and O–H groups in total. The molecule has 8 nitrogen and oxygen atoms in total. The molecule has 1 amide bonds. The highest BCUT2D eigenvalue weighted by molar-refractivity contribution is 7.98. The van der Waals surface area contributed by atoms with Gasteiger partial charge in [0, 0.05) is 22.9 Å². The molecule has 30 heavy (non-hydrogen) atoms. The molecule has 0 bridgehead atoms. The van der Waals surface area contributed by atoms with Crippen LogP contribution in [0.15, 0.2) is 48.5 Å². The van der Waals surface area contributed by atoms with Crippen LogP contribution in [0.1, 0.15) is 12.2 Å². The lowest BCUT2D eigenvalue weighted by Crippen LogP contribution is -2.13. The van der Waals surface area contributed by atoms with Gasteiger partial charge in [0.1, 0.15) is 11.6 Å². The molecule has 0 radical (unpaired) electrons. The summed E-state index contributed by atoms with van der Waals surface area (Å²) < 4.78 is 5.23. The Morgan fingerprint density at radius 3 is 2.73 bits per heavy atom. The normalized spacial score (nSPS) is 10.5. The van der Waals surface area contributed by atoms with Crippen molar-refractivity contribution in [3.8, 4) is 5.75 Å². The van der Waals surface area contributed by atoms with Gasteiger partial charge in [-0.25, -0.2) is 0 Å². The van der Waals surface area contributed by atoms with Crippen molar-refractivity contribution in [3.63, 3.8) is 0 Å². The van der Waals surface area contributed by atoms with Crippen molar-refractivity contribution in [2.24, 2.45) is 0 Å². The zero-order chi connectivity index (χ0) is 21.3. The molecule has 10 heteroatoms. The molecule has 0 aliphatic rings. The number of benzene rings is 2. The smallest absolute Gasteiger partial charge is 0.232 e. The van der Waals surface area contributed by atoms with Crippen LogP contribution >= 0.6 is 23.4 Å². The standard InChI is InChI=1S/C20H21ClN6O2S/c1-29-16-8-7-13(21)11-15(16)24-18(28)9-10-30-12-17-25-19(22)27-20(26-17)23-14-5-3-2-4-6-14/h2-8,11H,9-10,12H2,1H3,(H,24,28)(H3,22,23,25,26,27). The van der Waals surface area contributed by atoms with Gasteiger partial charge >= 0.3 is 0 Å². The number of methoxy groups -OCH3 is 1. The lowest BCUT2D eigenvalue weighted by atomic mass is 10.3. The van der Waals surface area contributed by atoms with Crippen LogP contribution in [0, 0.1) is 0 Å². The zero-order valence-corrected chi connectivity index (χ0v) is 17.8. The highest BCUT2D eigenvalue weighted by atomic mass is 35.5. The van der Waals surface area contributed by atoms with E-state index in [1.54, 1.807) is 18.2 Å². The van der Waals surface area contributed by atoms with Crippen molar-refractivity contribution in [2.75, 3.05) is 29.2 Å². The Labute approximate surface area is 183 Å². The van der Waals surface area contributed by atoms with E-state index in [1.165, 1.54) is 18.9 Å². The van der Waals surface area contributed by atoms with E-state index in [0.29, 0.717) is 46.2 Å². The van der Waals surface area contributed by atoms with Gasteiger partial charge in [-0.15, -0.1) is 0 Å². The molecule has 0 spiro atoms. The number of nitrogens with two attached hydrogens (primary N) is 1. The molecule has 0 unspecified atom stereocenters. The Kier molecular flexibility index (Phi) is 7.69. The quantitative estimate of drug-likeness (QED) is 0.422. The Morgan fingerprint density at radius 1 is 1.17 bits per heavy atom. The first-order valence-corrected chi connectivity index (χ1v) is 10.6. The maximum absolute atomic E-state index is 12.2. The fourth-order valence-electron chi connectivity index (χ4n) is 2.53. The van der Waals surface area contributed by atoms with Crippen LogP contribution in [0.25, 0.3) is 0 Å². The number of carbonyl (C=O) groups excluding carboxylic acids is 1. The highest BCUT2D eigenvalue weighted by Crippen LogP contribution is 2.27. The number of nitrogen functional groups attached to an aromatic ring is 1. The van der Waals surface area contributed by atoms with Crippen LogP contribution in [0.2, 0.25) is 5.02 Å². The Bertz CT molecular complexity index is 1010. The van der Waals surface area contributed by atoms with E-state index >= 15 is 0 Å². The van der Waals surface area contributed by atoms with Crippen molar-refractivity contribution in [2.45, 2.75) is 12.2 Å². The zero-order valence-electron chi connectivity index (χ0n) is 16.3. The SMILES string of the molecule is COc1ccc(Cl)cc1NC(=O)CCSCc1nc(N)nc(Nc2ccccc2)n1. The predicted octanol–water partition coefficient (Wildman–Crippen LogP) is 4.12. The molecular weight excluding hydrogens is 424 g/mol. The second kappa shape index (κ2) is 10.7. The third-order valence-corrected chi connectivity index (χ3v) is 5.06. The van der Waals surface area contributed by atoms with Crippen molar-refractivity contribution in [3.05, 3.63) is 59.4 Å². The summed E-state index contributed by atoms with van der Waals surface area (Å²) in [5.41, 5.74) is 7.19. The van der Waals surface area contributed by atoms with Crippen LogP contribution in [0.5, 0.6) is 5.75 Å². The molecule has 0 saturated heterocycles. The first-order valence-electron chi connectivity index (χ1n) is 9.07. The summed E-state index contributed by atoms with van der Waals surface area (Å²) in [4.78, 5) is 24.9. The van der Waals surface area contributed by atoms with E-state index < -0.39 is 0 Å². The van der Waals surface area contributed by atoms with Crippen molar-refractivity contribution in [1.82, 2.24) is 15.0 Å². The molecule has 0 atom stereocenters. The number of anilines is 4. The summed E-state index contributed by atoms with van der Waals surface area (Å²) in [6.45, 7) is 0. The summed E-state index contributed by atoms with van der Waals surface area (Å²) in [7, 11) is 1.54. The molecule has 2 aromatic carbocycles. The topological polar surface area (TPSA) is 115 Å². The van der Waals surface area contributed by atoms with Gasteiger partial charge in [0.25, 0.3) is 0 Å². The minimum atomic E-state index is -0.135. The summed E-state index contributed by atoms with van der Waals surface area (Å²) >= 11 is 7.51. The molecule has 0 fully saturated rings. The van der Waals surface area contributed by atoms with Gasteiger partial charge in [0.15, 0.2) is 0 Å². The fraction of sp³-hybridized carbons (Fsp3) is 0.200. The third kappa shape index (κ3) is 6.50. The summed E-state index contributed by atoms with van der Waals surface area (Å²) in [6, 6.07) is 14.6. The molecule has 3 rings (SSSR count). The number of aromatic nitrogens is 3. The number of ether oxygens (including phenoxy) is 1. The van der Waals surface area contributed by atoms with Crippen LogP contribution in [0.4, 0.5) is 23.3 Å². The van der Waals surface area contributed by atoms with Crippen molar-refractivity contribution >= 4 is 52.5 Å². The van der Waals surface area contributed by atoms with Crippen LogP contribution in [-0.2, 0) is 10.5 Å². The lowest BCUT2D eigenvalue weighted by molar-refractivity contribution is -0.115. The number of halogens is 1. The molecule has 1 aromatic heterocycles. The van der Waals surface area contributed by atoms with E-state index in [4.69, 9.17) is 22.1 Å². The average Bonchev–Trinajstić information content (AvgIpc) is 2.72. The van der Waals surface area contributed by atoms with Gasteiger partial charge in [-0.1, -0.05) is 29.8 Å². The maximum atomic E-state index is 12.2. The van der Waals surface area contributed by atoms with Gasteiger partial charge in [0.05, 0.1) is 18.6 Å². The van der Waals surface area contributed by atoms with E-state index in [1.807, 2.05) is 30.3 Å². The van der Waals surface area contributed by atoms with Crippen molar-refractivity contribution < 1.29 is 9.53 Å². The summed E-state index contributed by atoms with van der Waals surface area (Å²) in [5.74, 6) is 2.58. The Balaban J connectivity index is 1.49. The average molecular weight is 445 g/mol. The molecule has 156 valence electrons. The molecule has 1 heterocycles. The number of hydrogen-bond donors (Lipinski definition) is 3. The second-order valence-corrected chi connectivity index (χ2v) is 7.66. The highest BCUT2D eigenvalue weighted by Gasteiger charge is 2.10. The number of nitrogens with zero attached hydrogens (tertiary/aromatic N) is 3. The second-order valence-electron chi connectivity index (χ2n) is 6.12. The molecule has 0 aliphatic heterocycles. The van der Waals surface area contributed by atoms with Gasteiger partial charge in [-0.3, -0.25) is 4.79 Å². The number of hydrogen-bond acceptors (Lipinski definition) is 8. The van der Waals surface area contributed by atoms with Crippen LogP contribution < -0.4 is 21.1 Å². The minimum Gasteiger partial charge on any atom is -0.495 e. The summed E-state index contributed by atoms with van der Waals surface area (Å²) in [5, 5.41) is 6.43. The molecule has 0 saturated carbocycles. The van der Waals surface area contributed by atoms with E-state index in [9.17, 15) is 4.79 Å². The van der Waals surface area contributed by atoms with E-state index in [2.05, 4.69) is 25.6 Å². The van der Waals surface area contributed by atoms with Crippen molar-refractivity contribution in [1.29, 1.82) is 0 Å². The number of carbonyl (C=O) groups is 1. The van der Waals surface area contributed by atoms with Gasteiger partial charge in [-0.2, -0.15) is 26.7 Å². The van der Waals surface area contributed by atoms with Gasteiger partial charge < -0.3 is 21.1 Å². The fourth-order valence-corrected chi connectivity index (χ4v) is 3.49. The number of rotatable bonds is 9. The number of amides is 1. The van der Waals surface area contributed by atoms with Crippen LogP contribution in [-0.4, -0.2) is 33.7 Å². The third-order valence-electron chi connectivity index (χ3n) is 3.87. The Hall–Kier alpha value is -3.04. The molecule has 3 aromatic rings. The lowest BCUT2D eigenvalue weighted by Gasteiger charge is -2.10.